The SMILES string of the molecule is COc1ccccc1-c1nnc2ccc(OCCNS(=O)(=O)c3ccc4c(c3)CCCN4C(C)=O)nn12. The van der Waals surface area contributed by atoms with Gasteiger partial charge in [0.2, 0.25) is 21.8 Å². The average molecular weight is 523 g/mol. The lowest BCUT2D eigenvalue weighted by Gasteiger charge is -2.28. The number of nitrogens with zero attached hydrogens (tertiary/aromatic N) is 5. The molecule has 0 fully saturated rings. The first-order valence-corrected chi connectivity index (χ1v) is 13.2. The highest BCUT2D eigenvalue weighted by molar-refractivity contribution is 7.89. The highest BCUT2D eigenvalue weighted by Gasteiger charge is 2.23. The van der Waals surface area contributed by atoms with Crippen LogP contribution in [0.4, 0.5) is 5.69 Å². The number of rotatable bonds is 8. The van der Waals surface area contributed by atoms with Gasteiger partial charge in [0.1, 0.15) is 12.4 Å². The van der Waals surface area contributed by atoms with Gasteiger partial charge in [0.25, 0.3) is 0 Å². The highest BCUT2D eigenvalue weighted by atomic mass is 32.2. The van der Waals surface area contributed by atoms with Gasteiger partial charge in [-0.2, -0.15) is 4.52 Å². The number of fused-ring (bicyclic) bond motifs is 2. The van der Waals surface area contributed by atoms with Gasteiger partial charge in [0, 0.05) is 31.8 Å². The Labute approximate surface area is 214 Å². The molecule has 1 amide bonds. The zero-order valence-electron chi connectivity index (χ0n) is 20.4. The molecule has 37 heavy (non-hydrogen) atoms. The van der Waals surface area contributed by atoms with E-state index >= 15 is 0 Å². The Bertz CT molecular complexity index is 1570. The van der Waals surface area contributed by atoms with Crippen molar-refractivity contribution in [3.05, 3.63) is 60.2 Å². The monoisotopic (exact) mass is 522 g/mol. The number of sulfonamides is 1. The smallest absolute Gasteiger partial charge is 0.240 e. The molecule has 0 unspecified atom stereocenters. The van der Waals surface area contributed by atoms with E-state index in [1.165, 1.54) is 13.0 Å². The molecule has 192 valence electrons. The lowest BCUT2D eigenvalue weighted by molar-refractivity contribution is -0.116. The molecule has 4 aromatic rings. The van der Waals surface area contributed by atoms with Crippen LogP contribution in [0.15, 0.2) is 59.5 Å². The number of aromatic nitrogens is 4. The van der Waals surface area contributed by atoms with Crippen LogP contribution in [-0.2, 0) is 21.2 Å². The van der Waals surface area contributed by atoms with Crippen LogP contribution in [0.2, 0.25) is 0 Å². The number of carbonyl (C=O) groups is 1. The second-order valence-electron chi connectivity index (χ2n) is 8.48. The van der Waals surface area contributed by atoms with Gasteiger partial charge >= 0.3 is 0 Å². The van der Waals surface area contributed by atoms with E-state index in [1.54, 1.807) is 40.8 Å². The molecule has 0 radical (unpaired) electrons. The summed E-state index contributed by atoms with van der Waals surface area (Å²) in [5, 5.41) is 12.8. The average Bonchev–Trinajstić information content (AvgIpc) is 3.33. The molecular formula is C25H26N6O5S. The minimum atomic E-state index is -3.76. The van der Waals surface area contributed by atoms with Gasteiger partial charge in [-0.25, -0.2) is 13.1 Å². The molecule has 0 spiro atoms. The normalized spacial score (nSPS) is 13.4. The van der Waals surface area contributed by atoms with E-state index in [9.17, 15) is 13.2 Å². The molecule has 0 saturated carbocycles. The lowest BCUT2D eigenvalue weighted by atomic mass is 10.0. The second kappa shape index (κ2) is 10.1. The van der Waals surface area contributed by atoms with Crippen molar-refractivity contribution in [1.29, 1.82) is 0 Å². The molecule has 0 bridgehead atoms. The lowest BCUT2D eigenvalue weighted by Crippen LogP contribution is -2.34. The first kappa shape index (κ1) is 24.7. The van der Waals surface area contributed by atoms with Crippen molar-refractivity contribution in [2.24, 2.45) is 0 Å². The number of hydrogen-bond acceptors (Lipinski definition) is 8. The van der Waals surface area contributed by atoms with E-state index in [-0.39, 0.29) is 24.0 Å². The Kier molecular flexibility index (Phi) is 6.76. The molecule has 2 aromatic carbocycles. The zero-order chi connectivity index (χ0) is 26.0. The number of methoxy groups -OCH3 is 1. The largest absolute Gasteiger partial charge is 0.496 e. The summed E-state index contributed by atoms with van der Waals surface area (Å²) in [7, 11) is -2.18. The summed E-state index contributed by atoms with van der Waals surface area (Å²) < 4.78 is 40.9. The van der Waals surface area contributed by atoms with Crippen molar-refractivity contribution >= 4 is 27.3 Å². The van der Waals surface area contributed by atoms with E-state index in [0.29, 0.717) is 29.6 Å². The van der Waals surface area contributed by atoms with E-state index in [0.717, 1.165) is 29.7 Å². The van der Waals surface area contributed by atoms with Crippen LogP contribution in [0.5, 0.6) is 11.6 Å². The fourth-order valence-corrected chi connectivity index (χ4v) is 5.39. The standard InChI is InChI=1S/C25H26N6O5S/c1-17(32)30-14-5-6-18-16-19(9-10-21(18)30)37(33,34)26-13-15-36-24-12-11-23-27-28-25(31(23)29-24)20-7-3-4-8-22(20)35-2/h3-4,7-12,16,26H,5-6,13-15H2,1-2H3. The van der Waals surface area contributed by atoms with Gasteiger partial charge in [-0.15, -0.1) is 15.3 Å². The topological polar surface area (TPSA) is 128 Å². The predicted octanol–water partition coefficient (Wildman–Crippen LogP) is 2.46. The number of anilines is 1. The zero-order valence-corrected chi connectivity index (χ0v) is 21.2. The predicted molar refractivity (Wildman–Crippen MR) is 136 cm³/mol. The van der Waals surface area contributed by atoms with Crippen LogP contribution < -0.4 is 19.1 Å². The fourth-order valence-electron chi connectivity index (χ4n) is 4.33. The molecule has 5 rings (SSSR count). The Balaban J connectivity index is 1.25. The number of hydrogen-bond donors (Lipinski definition) is 1. The number of para-hydroxylation sites is 1. The molecule has 1 N–H and O–H groups in total. The number of carbonyl (C=O) groups excluding carboxylic acids is 1. The Hall–Kier alpha value is -4.03. The summed E-state index contributed by atoms with van der Waals surface area (Å²) in [6, 6.07) is 15.6. The van der Waals surface area contributed by atoms with Crippen LogP contribution in [0, 0.1) is 0 Å². The highest BCUT2D eigenvalue weighted by Crippen LogP contribution is 2.30. The van der Waals surface area contributed by atoms with E-state index in [4.69, 9.17) is 9.47 Å². The first-order chi connectivity index (χ1) is 17.9. The van der Waals surface area contributed by atoms with Crippen LogP contribution in [-0.4, -0.2) is 60.9 Å². The molecule has 12 heteroatoms. The minimum Gasteiger partial charge on any atom is -0.496 e. The summed E-state index contributed by atoms with van der Waals surface area (Å²) in [5.41, 5.74) is 2.87. The maximum absolute atomic E-state index is 12.9. The third kappa shape index (κ3) is 4.98. The Morgan fingerprint density at radius 1 is 1.11 bits per heavy atom. The fraction of sp³-hybridized carbons (Fsp3) is 0.280. The summed E-state index contributed by atoms with van der Waals surface area (Å²) in [5.74, 6) is 1.37. The van der Waals surface area contributed by atoms with Crippen LogP contribution in [0.25, 0.3) is 17.0 Å². The first-order valence-electron chi connectivity index (χ1n) is 11.8. The van der Waals surface area contributed by atoms with Crippen molar-refractivity contribution in [2.45, 2.75) is 24.7 Å². The number of nitrogens with one attached hydrogen (secondary N) is 1. The molecule has 1 aliphatic rings. The number of amides is 1. The van der Waals surface area contributed by atoms with Crippen LogP contribution in [0.1, 0.15) is 18.9 Å². The Morgan fingerprint density at radius 3 is 2.76 bits per heavy atom. The minimum absolute atomic E-state index is 0.0419. The number of ether oxygens (including phenoxy) is 2. The summed E-state index contributed by atoms with van der Waals surface area (Å²) >= 11 is 0. The molecule has 3 heterocycles. The van der Waals surface area contributed by atoms with Gasteiger partial charge in [0.05, 0.1) is 17.6 Å². The molecule has 1 aliphatic heterocycles. The maximum atomic E-state index is 12.9. The summed E-state index contributed by atoms with van der Waals surface area (Å²) in [6.07, 6.45) is 1.51. The van der Waals surface area contributed by atoms with Gasteiger partial charge in [-0.05, 0) is 54.8 Å². The third-order valence-corrected chi connectivity index (χ3v) is 7.55. The van der Waals surface area contributed by atoms with Crippen LogP contribution >= 0.6 is 0 Å². The van der Waals surface area contributed by atoms with Gasteiger partial charge < -0.3 is 14.4 Å². The van der Waals surface area contributed by atoms with Gasteiger partial charge in [-0.3, -0.25) is 4.79 Å². The van der Waals surface area contributed by atoms with Crippen LogP contribution in [0.3, 0.4) is 0 Å². The number of benzene rings is 2. The second-order valence-corrected chi connectivity index (χ2v) is 10.2. The van der Waals surface area contributed by atoms with E-state index in [2.05, 4.69) is 20.0 Å². The van der Waals surface area contributed by atoms with Crippen molar-refractivity contribution in [3.8, 4) is 23.0 Å². The van der Waals surface area contributed by atoms with Crippen molar-refractivity contribution in [2.75, 3.05) is 31.7 Å². The molecular weight excluding hydrogens is 496 g/mol. The van der Waals surface area contributed by atoms with Crippen molar-refractivity contribution in [1.82, 2.24) is 24.5 Å². The third-order valence-electron chi connectivity index (χ3n) is 6.09. The quantitative estimate of drug-likeness (QED) is 0.350. The molecule has 2 aromatic heterocycles. The van der Waals surface area contributed by atoms with Crippen molar-refractivity contribution < 1.29 is 22.7 Å². The molecule has 0 saturated heterocycles. The molecule has 0 atom stereocenters. The maximum Gasteiger partial charge on any atom is 0.240 e. The molecule has 0 aliphatic carbocycles. The van der Waals surface area contributed by atoms with Gasteiger partial charge in [0.15, 0.2) is 11.5 Å². The summed E-state index contributed by atoms with van der Waals surface area (Å²) in [6.45, 7) is 2.25. The molecule has 11 nitrogen and oxygen atoms in total. The van der Waals surface area contributed by atoms with Crippen molar-refractivity contribution in [3.63, 3.8) is 0 Å². The Morgan fingerprint density at radius 2 is 1.95 bits per heavy atom. The summed E-state index contributed by atoms with van der Waals surface area (Å²) in [4.78, 5) is 13.7. The van der Waals surface area contributed by atoms with Gasteiger partial charge in [-0.1, -0.05) is 12.1 Å². The number of aryl methyl sites for hydroxylation is 1. The van der Waals surface area contributed by atoms with E-state index < -0.39 is 10.0 Å². The van der Waals surface area contributed by atoms with E-state index in [1.807, 2.05) is 24.3 Å².